The van der Waals surface area contributed by atoms with Gasteiger partial charge in [0.1, 0.15) is 30.8 Å². The third-order valence-corrected chi connectivity index (χ3v) is 3.38. The number of hydrogen-bond donors (Lipinski definition) is 1. The van der Waals surface area contributed by atoms with Gasteiger partial charge in [-0.1, -0.05) is 0 Å². The SMILES string of the molecule is CSc1ccc(OCC(O)COCc2ccco2)cc1. The summed E-state index contributed by atoms with van der Waals surface area (Å²) in [6.45, 7) is 0.771. The van der Waals surface area contributed by atoms with E-state index >= 15 is 0 Å². The van der Waals surface area contributed by atoms with Crippen LogP contribution in [0.3, 0.4) is 0 Å². The van der Waals surface area contributed by atoms with Crippen LogP contribution in [0.15, 0.2) is 52.0 Å². The fourth-order valence-electron chi connectivity index (χ4n) is 1.60. The average molecular weight is 294 g/mol. The van der Waals surface area contributed by atoms with Gasteiger partial charge in [0.25, 0.3) is 0 Å². The highest BCUT2D eigenvalue weighted by molar-refractivity contribution is 7.98. The van der Waals surface area contributed by atoms with Gasteiger partial charge in [-0.3, -0.25) is 0 Å². The number of thioether (sulfide) groups is 1. The molecule has 1 atom stereocenters. The number of hydrogen-bond acceptors (Lipinski definition) is 5. The Hall–Kier alpha value is -1.43. The van der Waals surface area contributed by atoms with E-state index in [0.717, 1.165) is 11.5 Å². The zero-order chi connectivity index (χ0) is 14.2. The van der Waals surface area contributed by atoms with Crippen molar-refractivity contribution in [2.24, 2.45) is 0 Å². The third kappa shape index (κ3) is 4.92. The van der Waals surface area contributed by atoms with Gasteiger partial charge in [0.15, 0.2) is 0 Å². The molecule has 1 N–H and O–H groups in total. The molecule has 1 aromatic carbocycles. The standard InChI is InChI=1S/C15H18O4S/c1-20-15-6-4-13(5-7-15)19-10-12(16)9-17-11-14-3-2-8-18-14/h2-8,12,16H,9-11H2,1H3. The van der Waals surface area contributed by atoms with Crippen molar-refractivity contribution in [3.8, 4) is 5.75 Å². The zero-order valence-corrected chi connectivity index (χ0v) is 12.1. The molecule has 0 bridgehead atoms. The summed E-state index contributed by atoms with van der Waals surface area (Å²) in [6, 6.07) is 11.4. The van der Waals surface area contributed by atoms with Crippen LogP contribution in [0.4, 0.5) is 0 Å². The molecule has 2 aromatic rings. The molecule has 0 aliphatic heterocycles. The lowest BCUT2D eigenvalue weighted by molar-refractivity contribution is 0.000871. The zero-order valence-electron chi connectivity index (χ0n) is 11.3. The Labute approximate surface area is 122 Å². The lowest BCUT2D eigenvalue weighted by Gasteiger charge is -2.12. The highest BCUT2D eigenvalue weighted by Gasteiger charge is 2.06. The first-order chi connectivity index (χ1) is 9.78. The number of aliphatic hydroxyl groups excluding tert-OH is 1. The molecule has 0 saturated carbocycles. The van der Waals surface area contributed by atoms with E-state index < -0.39 is 6.10 Å². The molecule has 0 aliphatic rings. The van der Waals surface area contributed by atoms with Crippen molar-refractivity contribution in [2.45, 2.75) is 17.6 Å². The Balaban J connectivity index is 1.65. The molecule has 0 saturated heterocycles. The van der Waals surface area contributed by atoms with Crippen LogP contribution in [0.5, 0.6) is 5.75 Å². The van der Waals surface area contributed by atoms with Gasteiger partial charge >= 0.3 is 0 Å². The van der Waals surface area contributed by atoms with Gasteiger partial charge in [0.2, 0.25) is 0 Å². The minimum Gasteiger partial charge on any atom is -0.491 e. The molecule has 0 aliphatic carbocycles. The lowest BCUT2D eigenvalue weighted by atomic mass is 10.3. The molecule has 0 amide bonds. The minimum absolute atomic E-state index is 0.205. The average Bonchev–Trinajstić information content (AvgIpc) is 2.99. The van der Waals surface area contributed by atoms with Crippen LogP contribution in [0.25, 0.3) is 0 Å². The minimum atomic E-state index is -0.662. The van der Waals surface area contributed by atoms with Gasteiger partial charge in [-0.05, 0) is 42.7 Å². The van der Waals surface area contributed by atoms with Crippen LogP contribution in [0, 0.1) is 0 Å². The van der Waals surface area contributed by atoms with Crippen LogP contribution in [-0.2, 0) is 11.3 Å². The van der Waals surface area contributed by atoms with Crippen molar-refractivity contribution in [3.63, 3.8) is 0 Å². The summed E-state index contributed by atoms with van der Waals surface area (Å²) >= 11 is 1.68. The molecule has 108 valence electrons. The predicted molar refractivity (Wildman–Crippen MR) is 78.1 cm³/mol. The molecular formula is C15H18O4S. The van der Waals surface area contributed by atoms with Gasteiger partial charge in [-0.25, -0.2) is 0 Å². The highest BCUT2D eigenvalue weighted by atomic mass is 32.2. The largest absolute Gasteiger partial charge is 0.491 e. The van der Waals surface area contributed by atoms with Crippen molar-refractivity contribution in [2.75, 3.05) is 19.5 Å². The maximum absolute atomic E-state index is 9.76. The van der Waals surface area contributed by atoms with Crippen molar-refractivity contribution in [3.05, 3.63) is 48.4 Å². The quantitative estimate of drug-likeness (QED) is 0.759. The Kier molecular flexibility index (Phi) is 5.98. The Morgan fingerprint density at radius 2 is 2.00 bits per heavy atom. The van der Waals surface area contributed by atoms with Crippen molar-refractivity contribution >= 4 is 11.8 Å². The van der Waals surface area contributed by atoms with E-state index in [1.165, 1.54) is 4.90 Å². The van der Waals surface area contributed by atoms with Gasteiger partial charge in [-0.15, -0.1) is 11.8 Å². The van der Waals surface area contributed by atoms with Gasteiger partial charge in [0, 0.05) is 4.90 Å². The van der Waals surface area contributed by atoms with Crippen LogP contribution in [0.2, 0.25) is 0 Å². The summed E-state index contributed by atoms with van der Waals surface area (Å²) in [5.41, 5.74) is 0. The molecule has 1 unspecified atom stereocenters. The first-order valence-corrected chi connectivity index (χ1v) is 7.55. The Bertz CT molecular complexity index is 481. The van der Waals surface area contributed by atoms with Gasteiger partial charge < -0.3 is 19.0 Å². The first-order valence-electron chi connectivity index (χ1n) is 6.33. The van der Waals surface area contributed by atoms with Crippen molar-refractivity contribution < 1.29 is 19.0 Å². The summed E-state index contributed by atoms with van der Waals surface area (Å²) in [5.74, 6) is 1.48. The third-order valence-electron chi connectivity index (χ3n) is 2.64. The van der Waals surface area contributed by atoms with Crippen LogP contribution in [-0.4, -0.2) is 30.7 Å². The molecule has 4 nitrogen and oxygen atoms in total. The fourth-order valence-corrected chi connectivity index (χ4v) is 2.01. The number of ether oxygens (including phenoxy) is 2. The summed E-state index contributed by atoms with van der Waals surface area (Å²) in [7, 11) is 0. The van der Waals surface area contributed by atoms with Crippen LogP contribution in [0.1, 0.15) is 5.76 Å². The van der Waals surface area contributed by atoms with E-state index in [9.17, 15) is 5.11 Å². The van der Waals surface area contributed by atoms with Crippen molar-refractivity contribution in [1.82, 2.24) is 0 Å². The van der Waals surface area contributed by atoms with Crippen LogP contribution >= 0.6 is 11.8 Å². The molecule has 2 rings (SSSR count). The maximum Gasteiger partial charge on any atom is 0.129 e. The fraction of sp³-hybridized carbons (Fsp3) is 0.333. The van der Waals surface area contributed by atoms with E-state index in [-0.39, 0.29) is 13.2 Å². The topological polar surface area (TPSA) is 51.8 Å². The Morgan fingerprint density at radius 3 is 2.65 bits per heavy atom. The van der Waals surface area contributed by atoms with E-state index in [0.29, 0.717) is 6.61 Å². The molecule has 5 heteroatoms. The number of furan rings is 1. The number of aliphatic hydroxyl groups is 1. The van der Waals surface area contributed by atoms with E-state index in [4.69, 9.17) is 13.9 Å². The second kappa shape index (κ2) is 7.99. The number of rotatable bonds is 8. The lowest BCUT2D eigenvalue weighted by Crippen LogP contribution is -2.23. The normalized spacial score (nSPS) is 12.3. The van der Waals surface area contributed by atoms with Gasteiger partial charge in [-0.2, -0.15) is 0 Å². The van der Waals surface area contributed by atoms with Gasteiger partial charge in [0.05, 0.1) is 12.9 Å². The smallest absolute Gasteiger partial charge is 0.129 e. The summed E-state index contributed by atoms with van der Waals surface area (Å²) < 4.78 is 16.0. The predicted octanol–water partition coefficient (Wildman–Crippen LogP) is 2.96. The molecule has 0 spiro atoms. The highest BCUT2D eigenvalue weighted by Crippen LogP contribution is 2.19. The molecule has 1 heterocycles. The first kappa shape index (κ1) is 15.0. The summed E-state index contributed by atoms with van der Waals surface area (Å²) in [4.78, 5) is 1.18. The summed E-state index contributed by atoms with van der Waals surface area (Å²) in [6.07, 6.45) is 2.96. The second-order valence-corrected chi connectivity index (χ2v) is 5.11. The van der Waals surface area contributed by atoms with E-state index in [2.05, 4.69) is 0 Å². The molecule has 1 aromatic heterocycles. The number of benzene rings is 1. The monoisotopic (exact) mass is 294 g/mol. The molecule has 0 radical (unpaired) electrons. The van der Waals surface area contributed by atoms with Crippen molar-refractivity contribution in [1.29, 1.82) is 0 Å². The summed E-state index contributed by atoms with van der Waals surface area (Å²) in [5, 5.41) is 9.76. The molecular weight excluding hydrogens is 276 g/mol. The maximum atomic E-state index is 9.76. The van der Waals surface area contributed by atoms with E-state index in [1.54, 1.807) is 24.1 Å². The second-order valence-electron chi connectivity index (χ2n) is 4.23. The van der Waals surface area contributed by atoms with Crippen LogP contribution < -0.4 is 4.74 Å². The Morgan fingerprint density at radius 1 is 1.20 bits per heavy atom. The molecule has 20 heavy (non-hydrogen) atoms. The molecule has 0 fully saturated rings. The van der Waals surface area contributed by atoms with E-state index in [1.807, 2.05) is 36.6 Å².